The van der Waals surface area contributed by atoms with E-state index in [0.717, 1.165) is 0 Å². The molecule has 0 saturated carbocycles. The summed E-state index contributed by atoms with van der Waals surface area (Å²) < 4.78 is 0. The molecule has 0 aliphatic rings. The normalized spacial score (nSPS) is 10.1. The molecule has 0 aliphatic carbocycles. The zero-order chi connectivity index (χ0) is 10.8. The summed E-state index contributed by atoms with van der Waals surface area (Å²) in [4.78, 5) is 34.0. The van der Waals surface area contributed by atoms with Crippen LogP contribution in [0.5, 0.6) is 0 Å². The topological polar surface area (TPSA) is 118 Å². The second-order valence-corrected chi connectivity index (χ2v) is 2.79. The quantitative estimate of drug-likeness (QED) is 0.557. The Hall–Kier alpha value is -2.44. The van der Waals surface area contributed by atoms with E-state index in [-0.39, 0.29) is 17.3 Å². The summed E-state index contributed by atoms with van der Waals surface area (Å²) in [6.07, 6.45) is 0. The van der Waals surface area contributed by atoms with E-state index in [1.54, 1.807) is 12.1 Å². The van der Waals surface area contributed by atoms with Gasteiger partial charge in [-0.3, -0.25) is 9.78 Å². The number of nitrogen functional groups attached to an aromatic ring is 1. The predicted octanol–water partition coefficient (Wildman–Crippen LogP) is -0.898. The Morgan fingerprint density at radius 3 is 2.60 bits per heavy atom. The zero-order valence-corrected chi connectivity index (χ0v) is 7.52. The van der Waals surface area contributed by atoms with Crippen molar-refractivity contribution in [3.05, 3.63) is 39.0 Å². The Morgan fingerprint density at radius 1 is 1.13 bits per heavy atom. The van der Waals surface area contributed by atoms with Gasteiger partial charge in [-0.25, -0.2) is 4.79 Å². The van der Waals surface area contributed by atoms with Gasteiger partial charge in [-0.2, -0.15) is 9.97 Å². The van der Waals surface area contributed by atoms with Gasteiger partial charge >= 0.3 is 5.69 Å². The first-order valence-electron chi connectivity index (χ1n) is 4.09. The molecule has 0 amide bonds. The molecule has 2 heterocycles. The summed E-state index contributed by atoms with van der Waals surface area (Å²) in [5.74, 6) is 0.0450. The molecule has 7 heteroatoms. The van der Waals surface area contributed by atoms with E-state index in [1.807, 2.05) is 0 Å². The molecule has 0 spiro atoms. The van der Waals surface area contributed by atoms with Crippen molar-refractivity contribution in [2.75, 3.05) is 5.73 Å². The third-order valence-corrected chi connectivity index (χ3v) is 1.69. The maximum Gasteiger partial charge on any atom is 0.349 e. The van der Waals surface area contributed by atoms with Gasteiger partial charge < -0.3 is 10.7 Å². The molecule has 15 heavy (non-hydrogen) atoms. The van der Waals surface area contributed by atoms with Gasteiger partial charge in [0, 0.05) is 6.07 Å². The molecule has 0 aliphatic heterocycles. The molecule has 0 unspecified atom stereocenters. The van der Waals surface area contributed by atoms with Gasteiger partial charge in [-0.05, 0) is 6.07 Å². The second kappa shape index (κ2) is 3.37. The van der Waals surface area contributed by atoms with Crippen molar-refractivity contribution in [3.63, 3.8) is 0 Å². The van der Waals surface area contributed by atoms with Crippen LogP contribution in [0.4, 0.5) is 5.95 Å². The maximum absolute atomic E-state index is 11.0. The highest BCUT2D eigenvalue weighted by Crippen LogP contribution is 2.06. The summed E-state index contributed by atoms with van der Waals surface area (Å²) in [6, 6.07) is 4.50. The van der Waals surface area contributed by atoms with Gasteiger partial charge in [0.1, 0.15) is 0 Å². The van der Waals surface area contributed by atoms with Crippen LogP contribution in [0.3, 0.4) is 0 Å². The van der Waals surface area contributed by atoms with E-state index in [9.17, 15) is 9.59 Å². The lowest BCUT2D eigenvalue weighted by molar-refractivity contribution is 0.996. The molecule has 0 radical (unpaired) electrons. The highest BCUT2D eigenvalue weighted by molar-refractivity contribution is 5.48. The monoisotopic (exact) mass is 205 g/mol. The molecule has 2 aromatic rings. The Bertz CT molecular complexity index is 600. The molecule has 4 N–H and O–H groups in total. The van der Waals surface area contributed by atoms with Crippen LogP contribution in [0, 0.1) is 0 Å². The van der Waals surface area contributed by atoms with Crippen molar-refractivity contribution < 1.29 is 0 Å². The van der Waals surface area contributed by atoms with E-state index < -0.39 is 5.69 Å². The van der Waals surface area contributed by atoms with Crippen LogP contribution in [-0.2, 0) is 0 Å². The highest BCUT2D eigenvalue weighted by Gasteiger charge is 2.03. The van der Waals surface area contributed by atoms with Crippen LogP contribution in [0.2, 0.25) is 0 Å². The average Bonchev–Trinajstić information content (AvgIpc) is 2.16. The number of nitrogens with zero attached hydrogens (tertiary/aromatic N) is 2. The number of hydrogen-bond acceptors (Lipinski definition) is 5. The second-order valence-electron chi connectivity index (χ2n) is 2.79. The fourth-order valence-corrected chi connectivity index (χ4v) is 1.11. The van der Waals surface area contributed by atoms with E-state index >= 15 is 0 Å². The molecule has 0 saturated heterocycles. The first-order chi connectivity index (χ1) is 7.15. The number of nitrogens with two attached hydrogens (primary N) is 1. The molecule has 2 rings (SSSR count). The number of anilines is 1. The molecular weight excluding hydrogens is 198 g/mol. The third kappa shape index (κ3) is 1.90. The minimum Gasteiger partial charge on any atom is -0.368 e. The Labute approximate surface area is 83.0 Å². The van der Waals surface area contributed by atoms with Crippen LogP contribution in [-0.4, -0.2) is 19.9 Å². The maximum atomic E-state index is 11.0. The van der Waals surface area contributed by atoms with Gasteiger partial charge in [0.2, 0.25) is 11.5 Å². The van der Waals surface area contributed by atoms with Gasteiger partial charge in [0.15, 0.2) is 5.82 Å². The molecule has 7 nitrogen and oxygen atoms in total. The van der Waals surface area contributed by atoms with Crippen molar-refractivity contribution in [2.24, 2.45) is 0 Å². The van der Waals surface area contributed by atoms with Crippen molar-refractivity contribution in [3.8, 4) is 11.5 Å². The number of aromatic amines is 2. The van der Waals surface area contributed by atoms with Gasteiger partial charge in [-0.15, -0.1) is 0 Å². The average molecular weight is 205 g/mol. The van der Waals surface area contributed by atoms with Crippen LogP contribution >= 0.6 is 0 Å². The van der Waals surface area contributed by atoms with E-state index in [4.69, 9.17) is 5.73 Å². The van der Waals surface area contributed by atoms with E-state index in [2.05, 4.69) is 19.9 Å². The highest BCUT2D eigenvalue weighted by atomic mass is 16.1. The number of pyridine rings is 1. The number of hydrogen-bond donors (Lipinski definition) is 3. The Morgan fingerprint density at radius 2 is 1.93 bits per heavy atom. The fourth-order valence-electron chi connectivity index (χ4n) is 1.11. The van der Waals surface area contributed by atoms with Crippen LogP contribution < -0.4 is 17.0 Å². The lowest BCUT2D eigenvalue weighted by atomic mass is 10.3. The lowest BCUT2D eigenvalue weighted by Gasteiger charge is -1.99. The minimum absolute atomic E-state index is 0.140. The fraction of sp³-hybridized carbons (Fsp3) is 0. The van der Waals surface area contributed by atoms with Crippen LogP contribution in [0.1, 0.15) is 0 Å². The minimum atomic E-state index is -0.609. The standard InChI is InChI=1S/C8H7N5O2/c9-7-11-6(12-8(15)13-7)4-2-1-3-5(14)10-4/h1-3H,(H,10,14)(H3,9,11,12,13,15). The lowest BCUT2D eigenvalue weighted by Crippen LogP contribution is -2.16. The summed E-state index contributed by atoms with van der Waals surface area (Å²) in [5.41, 5.74) is 4.79. The van der Waals surface area contributed by atoms with E-state index in [0.29, 0.717) is 5.69 Å². The number of rotatable bonds is 1. The van der Waals surface area contributed by atoms with Crippen molar-refractivity contribution in [2.45, 2.75) is 0 Å². The molecule has 0 fully saturated rings. The third-order valence-electron chi connectivity index (χ3n) is 1.69. The van der Waals surface area contributed by atoms with Crippen LogP contribution in [0.15, 0.2) is 27.8 Å². The van der Waals surface area contributed by atoms with Gasteiger partial charge in [-0.1, -0.05) is 6.07 Å². The number of aromatic nitrogens is 4. The van der Waals surface area contributed by atoms with E-state index in [1.165, 1.54) is 6.07 Å². The van der Waals surface area contributed by atoms with Crippen molar-refractivity contribution >= 4 is 5.95 Å². The smallest absolute Gasteiger partial charge is 0.349 e. The molecule has 76 valence electrons. The molecule has 2 aromatic heterocycles. The summed E-state index contributed by atoms with van der Waals surface area (Å²) in [7, 11) is 0. The summed E-state index contributed by atoms with van der Waals surface area (Å²) in [5, 5.41) is 0. The largest absolute Gasteiger partial charge is 0.368 e. The molecule has 0 aromatic carbocycles. The first kappa shape index (κ1) is 9.13. The van der Waals surface area contributed by atoms with Crippen LogP contribution in [0.25, 0.3) is 11.5 Å². The summed E-state index contributed by atoms with van der Waals surface area (Å²) >= 11 is 0. The molecular formula is C8H7N5O2. The summed E-state index contributed by atoms with van der Waals surface area (Å²) in [6.45, 7) is 0. The zero-order valence-electron chi connectivity index (χ0n) is 7.52. The Balaban J connectivity index is 2.64. The van der Waals surface area contributed by atoms with Crippen molar-refractivity contribution in [1.29, 1.82) is 0 Å². The number of H-pyrrole nitrogens is 2. The first-order valence-corrected chi connectivity index (χ1v) is 4.09. The number of nitrogens with one attached hydrogen (secondary N) is 2. The van der Waals surface area contributed by atoms with Gasteiger partial charge in [0.25, 0.3) is 0 Å². The molecule has 0 atom stereocenters. The van der Waals surface area contributed by atoms with Crippen molar-refractivity contribution in [1.82, 2.24) is 19.9 Å². The predicted molar refractivity (Wildman–Crippen MR) is 53.1 cm³/mol. The molecule has 0 bridgehead atoms. The Kier molecular flexibility index (Phi) is 2.05. The van der Waals surface area contributed by atoms with Gasteiger partial charge in [0.05, 0.1) is 5.69 Å². The SMILES string of the molecule is Nc1nc(-c2cccc(=O)[nH]2)[nH]c(=O)n1.